The zero-order chi connectivity index (χ0) is 7.56. The van der Waals surface area contributed by atoms with Gasteiger partial charge in [0.2, 0.25) is 0 Å². The first-order chi connectivity index (χ1) is 4.72. The van der Waals surface area contributed by atoms with Crippen molar-refractivity contribution in [3.8, 4) is 5.75 Å². The van der Waals surface area contributed by atoms with Gasteiger partial charge in [-0.15, -0.1) is 0 Å². The Bertz CT molecular complexity index is 224. The fraction of sp³-hybridized carbons (Fsp3) is 0.333. The predicted octanol–water partition coefficient (Wildman–Crippen LogP) is 0.248. The molecule has 0 saturated carbocycles. The van der Waals surface area contributed by atoms with Gasteiger partial charge in [0, 0.05) is 14.1 Å². The second-order valence-corrected chi connectivity index (χ2v) is 2.13. The van der Waals surface area contributed by atoms with E-state index in [1.165, 1.54) is 12.5 Å². The Morgan fingerprint density at radius 3 is 2.60 bits per heavy atom. The summed E-state index contributed by atoms with van der Waals surface area (Å²) in [5.41, 5.74) is 0. The maximum Gasteiger partial charge on any atom is 0.177 e. The van der Waals surface area contributed by atoms with Gasteiger partial charge in [-0.2, -0.15) is 0 Å². The summed E-state index contributed by atoms with van der Waals surface area (Å²) in [5.74, 6) is 0.641. The van der Waals surface area contributed by atoms with Crippen LogP contribution in [0.1, 0.15) is 0 Å². The minimum absolute atomic E-state index is 0.104. The first-order valence-corrected chi connectivity index (χ1v) is 2.88. The van der Waals surface area contributed by atoms with Crippen molar-refractivity contribution in [1.29, 1.82) is 0 Å². The van der Waals surface area contributed by atoms with Crippen LogP contribution in [0.15, 0.2) is 12.5 Å². The summed E-state index contributed by atoms with van der Waals surface area (Å²) in [4.78, 5) is 9.20. The van der Waals surface area contributed by atoms with Gasteiger partial charge >= 0.3 is 0 Å². The lowest BCUT2D eigenvalue weighted by atomic mass is 10.5. The lowest BCUT2D eigenvalue weighted by Crippen LogP contribution is -2.10. The van der Waals surface area contributed by atoms with Gasteiger partial charge in [-0.1, -0.05) is 0 Å². The van der Waals surface area contributed by atoms with E-state index in [9.17, 15) is 0 Å². The molecule has 1 aromatic heterocycles. The third-order valence-corrected chi connectivity index (χ3v) is 1.10. The summed E-state index contributed by atoms with van der Waals surface area (Å²) in [6, 6.07) is 0. The van der Waals surface area contributed by atoms with Crippen molar-refractivity contribution in [3.05, 3.63) is 12.5 Å². The molecule has 0 bridgehead atoms. The molecule has 0 amide bonds. The SMILES string of the molecule is CN(C)c1ncncc1O. The number of hydrogen-bond acceptors (Lipinski definition) is 4. The first kappa shape index (κ1) is 6.80. The molecule has 1 N–H and O–H groups in total. The molecule has 0 saturated heterocycles. The van der Waals surface area contributed by atoms with Crippen LogP contribution in [-0.4, -0.2) is 29.2 Å². The molecular weight excluding hydrogens is 130 g/mol. The highest BCUT2D eigenvalue weighted by molar-refractivity contribution is 5.47. The monoisotopic (exact) mass is 139 g/mol. The van der Waals surface area contributed by atoms with Gasteiger partial charge in [0.15, 0.2) is 11.6 Å². The van der Waals surface area contributed by atoms with E-state index in [1.807, 2.05) is 14.1 Å². The van der Waals surface area contributed by atoms with Crippen LogP contribution in [0, 0.1) is 0 Å². The van der Waals surface area contributed by atoms with Crippen molar-refractivity contribution in [2.24, 2.45) is 0 Å². The molecular formula is C6H9N3O. The maximum absolute atomic E-state index is 9.11. The highest BCUT2D eigenvalue weighted by Gasteiger charge is 2.01. The minimum atomic E-state index is 0.104. The quantitative estimate of drug-likeness (QED) is 0.605. The largest absolute Gasteiger partial charge is 0.503 e. The normalized spacial score (nSPS) is 9.40. The van der Waals surface area contributed by atoms with E-state index < -0.39 is 0 Å². The molecule has 4 heteroatoms. The second kappa shape index (κ2) is 2.51. The van der Waals surface area contributed by atoms with Crippen LogP contribution in [0.4, 0.5) is 5.82 Å². The van der Waals surface area contributed by atoms with Crippen LogP contribution in [0.25, 0.3) is 0 Å². The van der Waals surface area contributed by atoms with E-state index in [1.54, 1.807) is 4.90 Å². The Hall–Kier alpha value is -1.32. The Labute approximate surface area is 59.2 Å². The average Bonchev–Trinajstić information content (AvgIpc) is 1.88. The summed E-state index contributed by atoms with van der Waals surface area (Å²) in [6.07, 6.45) is 2.76. The van der Waals surface area contributed by atoms with Crippen molar-refractivity contribution in [3.63, 3.8) is 0 Å². The summed E-state index contributed by atoms with van der Waals surface area (Å²) >= 11 is 0. The number of rotatable bonds is 1. The first-order valence-electron chi connectivity index (χ1n) is 2.88. The highest BCUT2D eigenvalue weighted by Crippen LogP contribution is 2.18. The van der Waals surface area contributed by atoms with Gasteiger partial charge in [0.1, 0.15) is 6.33 Å². The topological polar surface area (TPSA) is 49.2 Å². The molecule has 0 aliphatic rings. The van der Waals surface area contributed by atoms with E-state index >= 15 is 0 Å². The van der Waals surface area contributed by atoms with E-state index in [0.29, 0.717) is 5.82 Å². The molecule has 0 atom stereocenters. The van der Waals surface area contributed by atoms with Gasteiger partial charge in [-0.3, -0.25) is 0 Å². The molecule has 54 valence electrons. The lowest BCUT2D eigenvalue weighted by molar-refractivity contribution is 0.470. The standard InChI is InChI=1S/C6H9N3O/c1-9(2)6-5(10)3-7-4-8-6/h3-4,10H,1-2H3. The Morgan fingerprint density at radius 1 is 1.50 bits per heavy atom. The fourth-order valence-corrected chi connectivity index (χ4v) is 0.660. The molecule has 4 nitrogen and oxygen atoms in total. The predicted molar refractivity (Wildman–Crippen MR) is 38.0 cm³/mol. The van der Waals surface area contributed by atoms with Crippen molar-refractivity contribution < 1.29 is 5.11 Å². The van der Waals surface area contributed by atoms with Gasteiger partial charge in [-0.25, -0.2) is 9.97 Å². The molecule has 0 spiro atoms. The molecule has 1 aromatic rings. The number of aromatic nitrogens is 2. The smallest absolute Gasteiger partial charge is 0.177 e. The van der Waals surface area contributed by atoms with Crippen molar-refractivity contribution in [2.45, 2.75) is 0 Å². The van der Waals surface area contributed by atoms with Gasteiger partial charge in [-0.05, 0) is 0 Å². The molecule has 1 heterocycles. The van der Waals surface area contributed by atoms with Crippen molar-refractivity contribution in [2.75, 3.05) is 19.0 Å². The van der Waals surface area contributed by atoms with E-state index in [4.69, 9.17) is 5.11 Å². The van der Waals surface area contributed by atoms with Crippen molar-refractivity contribution in [1.82, 2.24) is 9.97 Å². The molecule has 0 aliphatic heterocycles. The number of anilines is 1. The third-order valence-electron chi connectivity index (χ3n) is 1.10. The molecule has 0 aliphatic carbocycles. The summed E-state index contributed by atoms with van der Waals surface area (Å²) in [5, 5.41) is 9.11. The number of hydrogen-bond donors (Lipinski definition) is 1. The van der Waals surface area contributed by atoms with Crippen LogP contribution in [0.2, 0.25) is 0 Å². The van der Waals surface area contributed by atoms with E-state index in [-0.39, 0.29) is 5.75 Å². The molecule has 0 fully saturated rings. The number of aromatic hydroxyl groups is 1. The van der Waals surface area contributed by atoms with E-state index in [2.05, 4.69) is 9.97 Å². The molecule has 0 aromatic carbocycles. The zero-order valence-electron chi connectivity index (χ0n) is 5.94. The number of nitrogens with zero attached hydrogens (tertiary/aromatic N) is 3. The van der Waals surface area contributed by atoms with Crippen molar-refractivity contribution >= 4 is 5.82 Å². The summed E-state index contributed by atoms with van der Waals surface area (Å²) < 4.78 is 0. The van der Waals surface area contributed by atoms with Gasteiger partial charge in [0.25, 0.3) is 0 Å². The van der Waals surface area contributed by atoms with Gasteiger partial charge < -0.3 is 10.0 Å². The second-order valence-electron chi connectivity index (χ2n) is 2.13. The third kappa shape index (κ3) is 1.15. The Kier molecular flexibility index (Phi) is 1.71. The summed E-state index contributed by atoms with van der Waals surface area (Å²) in [7, 11) is 3.62. The molecule has 1 rings (SSSR count). The Morgan fingerprint density at radius 2 is 2.20 bits per heavy atom. The minimum Gasteiger partial charge on any atom is -0.503 e. The molecule has 0 radical (unpaired) electrons. The van der Waals surface area contributed by atoms with E-state index in [0.717, 1.165) is 0 Å². The van der Waals surface area contributed by atoms with Crippen LogP contribution in [-0.2, 0) is 0 Å². The van der Waals surface area contributed by atoms with Crippen LogP contribution in [0.3, 0.4) is 0 Å². The maximum atomic E-state index is 9.11. The van der Waals surface area contributed by atoms with Gasteiger partial charge in [0.05, 0.1) is 6.20 Å². The van der Waals surface area contributed by atoms with Crippen LogP contribution >= 0.6 is 0 Å². The average molecular weight is 139 g/mol. The Balaban J connectivity index is 3.03. The zero-order valence-corrected chi connectivity index (χ0v) is 5.94. The molecule has 0 unspecified atom stereocenters. The summed E-state index contributed by atoms with van der Waals surface area (Å²) in [6.45, 7) is 0. The van der Waals surface area contributed by atoms with Crippen LogP contribution in [0.5, 0.6) is 5.75 Å². The molecule has 10 heavy (non-hydrogen) atoms. The highest BCUT2D eigenvalue weighted by atomic mass is 16.3. The fourth-order valence-electron chi connectivity index (χ4n) is 0.660. The van der Waals surface area contributed by atoms with Crippen LogP contribution < -0.4 is 4.90 Å². The lowest BCUT2D eigenvalue weighted by Gasteiger charge is -2.10.